The molecule has 0 atom stereocenters. The molecule has 31 heavy (non-hydrogen) atoms. The van der Waals surface area contributed by atoms with Gasteiger partial charge in [0.1, 0.15) is 11.6 Å². The third-order valence-corrected chi connectivity index (χ3v) is 6.84. The van der Waals surface area contributed by atoms with E-state index < -0.39 is 11.6 Å². The highest BCUT2D eigenvalue weighted by molar-refractivity contribution is 7.26. The molecule has 0 aliphatic rings. The van der Waals surface area contributed by atoms with Gasteiger partial charge in [0.25, 0.3) is 0 Å². The number of nitrogens with zero attached hydrogens (tertiary/aromatic N) is 1. The number of fused-ring (bicyclic) bond motifs is 3. The van der Waals surface area contributed by atoms with Crippen LogP contribution in [0, 0.1) is 11.6 Å². The van der Waals surface area contributed by atoms with Crippen LogP contribution in [0.4, 0.5) is 8.78 Å². The van der Waals surface area contributed by atoms with E-state index in [9.17, 15) is 8.78 Å². The summed E-state index contributed by atoms with van der Waals surface area (Å²) in [5.74, 6) is -0.870. The molecule has 0 fully saturated rings. The molecule has 0 spiro atoms. The zero-order valence-electron chi connectivity index (χ0n) is 17.5. The Morgan fingerprint density at radius 2 is 1.65 bits per heavy atom. The smallest absolute Gasteiger partial charge is 0.131 e. The van der Waals surface area contributed by atoms with Gasteiger partial charge in [-0.3, -0.25) is 4.98 Å². The normalized spacial score (nSPS) is 12.0. The third kappa shape index (κ3) is 3.51. The van der Waals surface area contributed by atoms with Crippen molar-refractivity contribution in [2.75, 3.05) is 0 Å². The van der Waals surface area contributed by atoms with Gasteiger partial charge in [-0.15, -0.1) is 11.3 Å². The lowest BCUT2D eigenvalue weighted by Crippen LogP contribution is -2.11. The summed E-state index contributed by atoms with van der Waals surface area (Å²) in [6, 6.07) is 19.8. The van der Waals surface area contributed by atoms with E-state index in [-0.39, 0.29) is 11.0 Å². The van der Waals surface area contributed by atoms with Gasteiger partial charge >= 0.3 is 0 Å². The van der Waals surface area contributed by atoms with Crippen LogP contribution in [0.25, 0.3) is 42.6 Å². The number of hydrogen-bond acceptors (Lipinski definition) is 2. The standard InChI is InChI=1S/C27H21F2NS/c1-27(2,3)17-11-12-30-24(14-17)21-6-4-5-20-19-9-7-16(13-25(19)31-26(20)21)22-15-18(28)8-10-23(22)29/h4-15H,1-3H3. The minimum absolute atomic E-state index is 0.0374. The molecular weight excluding hydrogens is 408 g/mol. The first-order valence-corrected chi connectivity index (χ1v) is 11.0. The Morgan fingerprint density at radius 1 is 0.806 bits per heavy atom. The Hall–Kier alpha value is -3.11. The fourth-order valence-corrected chi connectivity index (χ4v) is 5.19. The Bertz CT molecular complexity index is 1440. The van der Waals surface area contributed by atoms with E-state index in [1.165, 1.54) is 17.7 Å². The summed E-state index contributed by atoms with van der Waals surface area (Å²) >= 11 is 1.66. The molecule has 1 nitrogen and oxygen atoms in total. The van der Waals surface area contributed by atoms with Gasteiger partial charge < -0.3 is 0 Å². The van der Waals surface area contributed by atoms with Gasteiger partial charge in [-0.2, -0.15) is 0 Å². The van der Waals surface area contributed by atoms with Crippen molar-refractivity contribution in [2.24, 2.45) is 0 Å². The van der Waals surface area contributed by atoms with E-state index >= 15 is 0 Å². The Morgan fingerprint density at radius 3 is 2.45 bits per heavy atom. The summed E-state index contributed by atoms with van der Waals surface area (Å²) in [5, 5.41) is 2.25. The van der Waals surface area contributed by atoms with Crippen molar-refractivity contribution in [2.45, 2.75) is 26.2 Å². The van der Waals surface area contributed by atoms with Crippen molar-refractivity contribution in [1.82, 2.24) is 4.98 Å². The van der Waals surface area contributed by atoms with E-state index in [0.717, 1.165) is 37.5 Å². The number of rotatable bonds is 2. The summed E-state index contributed by atoms with van der Waals surface area (Å²) in [7, 11) is 0. The summed E-state index contributed by atoms with van der Waals surface area (Å²) < 4.78 is 30.2. The minimum atomic E-state index is -0.445. The zero-order chi connectivity index (χ0) is 21.8. The summed E-state index contributed by atoms with van der Waals surface area (Å²) in [6.45, 7) is 6.58. The molecule has 3 aromatic carbocycles. The summed E-state index contributed by atoms with van der Waals surface area (Å²) in [5.41, 5.74) is 4.25. The van der Waals surface area contributed by atoms with Gasteiger partial charge in [-0.05, 0) is 52.9 Å². The van der Waals surface area contributed by atoms with Gasteiger partial charge in [0, 0.05) is 37.5 Å². The van der Waals surface area contributed by atoms with Crippen LogP contribution in [-0.2, 0) is 5.41 Å². The van der Waals surface area contributed by atoms with Crippen LogP contribution < -0.4 is 0 Å². The monoisotopic (exact) mass is 429 g/mol. The van der Waals surface area contributed by atoms with Gasteiger partial charge in [-0.25, -0.2) is 8.78 Å². The molecule has 5 aromatic rings. The lowest BCUT2D eigenvalue weighted by atomic mass is 9.87. The number of thiophene rings is 1. The fourth-order valence-electron chi connectivity index (χ4n) is 3.93. The maximum absolute atomic E-state index is 14.3. The summed E-state index contributed by atoms with van der Waals surface area (Å²) in [6.07, 6.45) is 1.87. The predicted octanol–water partition coefficient (Wildman–Crippen LogP) is 8.36. The van der Waals surface area contributed by atoms with Crippen LogP contribution in [0.3, 0.4) is 0 Å². The highest BCUT2D eigenvalue weighted by Gasteiger charge is 2.17. The van der Waals surface area contributed by atoms with Crippen molar-refractivity contribution >= 4 is 31.5 Å². The molecular formula is C27H21F2NS. The van der Waals surface area contributed by atoms with Crippen molar-refractivity contribution in [1.29, 1.82) is 0 Å². The molecule has 0 aliphatic carbocycles. The number of halogens is 2. The maximum Gasteiger partial charge on any atom is 0.131 e. The Kier molecular flexibility index (Phi) is 4.63. The first-order chi connectivity index (χ1) is 14.8. The van der Waals surface area contributed by atoms with Crippen LogP contribution in [0.15, 0.2) is 72.9 Å². The molecule has 0 aliphatic heterocycles. The quantitative estimate of drug-likeness (QED) is 0.275. The molecule has 0 saturated heterocycles. The number of pyridine rings is 1. The average Bonchev–Trinajstić information content (AvgIpc) is 3.13. The molecule has 0 N–H and O–H groups in total. The van der Waals surface area contributed by atoms with Crippen molar-refractivity contribution in [3.8, 4) is 22.4 Å². The highest BCUT2D eigenvalue weighted by Crippen LogP contribution is 2.41. The SMILES string of the molecule is CC(C)(C)c1ccnc(-c2cccc3c2sc2cc(-c4cc(F)ccc4F)ccc23)c1. The fraction of sp³-hybridized carbons (Fsp3) is 0.148. The second kappa shape index (κ2) is 7.24. The van der Waals surface area contributed by atoms with Gasteiger partial charge in [-0.1, -0.05) is 51.1 Å². The third-order valence-electron chi connectivity index (χ3n) is 5.64. The molecule has 154 valence electrons. The van der Waals surface area contributed by atoms with Gasteiger partial charge in [0.05, 0.1) is 5.69 Å². The molecule has 0 bridgehead atoms. The first-order valence-electron chi connectivity index (χ1n) is 10.2. The second-order valence-corrected chi connectivity index (χ2v) is 9.85. The van der Waals surface area contributed by atoms with Crippen molar-refractivity contribution in [3.05, 3.63) is 90.1 Å². The van der Waals surface area contributed by atoms with Gasteiger partial charge in [0.15, 0.2) is 0 Å². The molecule has 0 saturated carbocycles. The predicted molar refractivity (Wildman–Crippen MR) is 127 cm³/mol. The van der Waals surface area contributed by atoms with Crippen LogP contribution >= 0.6 is 11.3 Å². The van der Waals surface area contributed by atoms with Crippen LogP contribution in [0.5, 0.6) is 0 Å². The molecule has 2 aromatic heterocycles. The molecule has 4 heteroatoms. The number of aromatic nitrogens is 1. The van der Waals surface area contributed by atoms with E-state index in [0.29, 0.717) is 5.56 Å². The Labute approximate surface area is 184 Å². The summed E-state index contributed by atoms with van der Waals surface area (Å²) in [4.78, 5) is 4.65. The first kappa shape index (κ1) is 19.8. The van der Waals surface area contributed by atoms with Gasteiger partial charge in [0.2, 0.25) is 0 Å². The molecule has 5 rings (SSSR count). The van der Waals surface area contributed by atoms with Crippen LogP contribution in [-0.4, -0.2) is 4.98 Å². The number of hydrogen-bond donors (Lipinski definition) is 0. The minimum Gasteiger partial charge on any atom is -0.256 e. The van der Waals surface area contributed by atoms with Crippen molar-refractivity contribution < 1.29 is 8.78 Å². The second-order valence-electron chi connectivity index (χ2n) is 8.80. The zero-order valence-corrected chi connectivity index (χ0v) is 18.4. The Balaban J connectivity index is 1.70. The molecule has 0 radical (unpaired) electrons. The molecule has 0 unspecified atom stereocenters. The molecule has 2 heterocycles. The lowest BCUT2D eigenvalue weighted by molar-refractivity contribution is 0.589. The number of benzene rings is 3. The highest BCUT2D eigenvalue weighted by atomic mass is 32.1. The maximum atomic E-state index is 14.3. The van der Waals surface area contributed by atoms with Crippen molar-refractivity contribution in [3.63, 3.8) is 0 Å². The van der Waals surface area contributed by atoms with E-state index in [2.05, 4.69) is 56.1 Å². The van der Waals surface area contributed by atoms with Crippen LogP contribution in [0.1, 0.15) is 26.3 Å². The largest absolute Gasteiger partial charge is 0.256 e. The molecule has 0 amide bonds. The van der Waals surface area contributed by atoms with E-state index in [1.807, 2.05) is 24.4 Å². The van der Waals surface area contributed by atoms with E-state index in [4.69, 9.17) is 0 Å². The topological polar surface area (TPSA) is 12.9 Å². The van der Waals surface area contributed by atoms with E-state index in [1.54, 1.807) is 11.3 Å². The van der Waals surface area contributed by atoms with Crippen LogP contribution in [0.2, 0.25) is 0 Å². The lowest BCUT2D eigenvalue weighted by Gasteiger charge is -2.19. The average molecular weight is 430 g/mol.